The van der Waals surface area contributed by atoms with Gasteiger partial charge in [-0.05, 0) is 55.4 Å². The minimum Gasteiger partial charge on any atom is -0.490 e. The van der Waals surface area contributed by atoms with Crippen LogP contribution in [0.4, 0.5) is 9.18 Å². The lowest BCUT2D eigenvalue weighted by Crippen LogP contribution is -2.50. The fourth-order valence-electron chi connectivity index (χ4n) is 3.68. The number of halogens is 1. The molecular weight excluding hydrogens is 439 g/mol. The third kappa shape index (κ3) is 5.86. The SMILES string of the molecule is O=C1CCN(COC/C=C/S(=O)(=O)CC2(c3ccc(F)c(OCC4CC4)c3)CC2)C(=O)N1. The largest absolute Gasteiger partial charge is 0.490 e. The van der Waals surface area contributed by atoms with Gasteiger partial charge in [-0.3, -0.25) is 10.1 Å². The van der Waals surface area contributed by atoms with Gasteiger partial charge in [-0.2, -0.15) is 0 Å². The molecule has 0 aromatic heterocycles. The number of nitrogens with one attached hydrogen (secondary N) is 1. The lowest BCUT2D eigenvalue weighted by molar-refractivity contribution is -0.122. The minimum absolute atomic E-state index is 0.0136. The molecule has 32 heavy (non-hydrogen) atoms. The quantitative estimate of drug-likeness (QED) is 0.503. The summed E-state index contributed by atoms with van der Waals surface area (Å²) in [6.07, 6.45) is 5.24. The Balaban J connectivity index is 1.29. The molecule has 2 aliphatic carbocycles. The van der Waals surface area contributed by atoms with Gasteiger partial charge in [-0.25, -0.2) is 17.6 Å². The molecule has 4 rings (SSSR count). The number of nitrogens with zero attached hydrogens (tertiary/aromatic N) is 1. The Morgan fingerprint density at radius 1 is 1.25 bits per heavy atom. The van der Waals surface area contributed by atoms with E-state index in [0.717, 1.165) is 23.8 Å². The van der Waals surface area contributed by atoms with Crippen LogP contribution in [0.5, 0.6) is 5.75 Å². The van der Waals surface area contributed by atoms with Gasteiger partial charge in [-0.15, -0.1) is 0 Å². The Hall–Kier alpha value is -2.46. The number of carbonyl (C=O) groups is 2. The predicted molar refractivity (Wildman–Crippen MR) is 114 cm³/mol. The Kier molecular flexibility index (Phi) is 6.52. The van der Waals surface area contributed by atoms with Crippen LogP contribution in [-0.2, 0) is 24.8 Å². The van der Waals surface area contributed by atoms with E-state index in [0.29, 0.717) is 25.4 Å². The van der Waals surface area contributed by atoms with E-state index >= 15 is 0 Å². The van der Waals surface area contributed by atoms with E-state index < -0.39 is 27.1 Å². The fraction of sp³-hybridized carbons (Fsp3) is 0.545. The highest BCUT2D eigenvalue weighted by Gasteiger charge is 2.47. The molecular formula is C22H27FN2O6S. The molecule has 2 saturated carbocycles. The van der Waals surface area contributed by atoms with Crippen LogP contribution in [0.15, 0.2) is 29.7 Å². The summed E-state index contributed by atoms with van der Waals surface area (Å²) >= 11 is 0. The van der Waals surface area contributed by atoms with Crippen LogP contribution < -0.4 is 10.1 Å². The van der Waals surface area contributed by atoms with Gasteiger partial charge in [0, 0.05) is 23.8 Å². The smallest absolute Gasteiger partial charge is 0.325 e. The van der Waals surface area contributed by atoms with Gasteiger partial charge in [0.25, 0.3) is 0 Å². The molecule has 1 aromatic rings. The van der Waals surface area contributed by atoms with E-state index in [1.807, 2.05) is 0 Å². The number of ether oxygens (including phenoxy) is 2. The number of carbonyl (C=O) groups excluding carboxylic acids is 2. The molecule has 1 aromatic carbocycles. The second-order valence-electron chi connectivity index (χ2n) is 8.73. The van der Waals surface area contributed by atoms with Crippen LogP contribution >= 0.6 is 0 Å². The van der Waals surface area contributed by atoms with Crippen molar-refractivity contribution in [2.45, 2.75) is 37.5 Å². The summed E-state index contributed by atoms with van der Waals surface area (Å²) in [5.41, 5.74) is 0.261. The Morgan fingerprint density at radius 2 is 2.03 bits per heavy atom. The standard InChI is InChI=1S/C22H27FN2O6S/c23-18-5-4-17(12-19(18)31-13-16-2-3-16)22(7-8-22)14-32(28,29)11-1-10-30-15-25-9-6-20(26)24-21(25)27/h1,4-5,11-12,16H,2-3,6-10,13-15H2,(H,24,26,27)/b11-1+. The monoisotopic (exact) mass is 466 g/mol. The van der Waals surface area contributed by atoms with Crippen LogP contribution in [0.25, 0.3) is 0 Å². The lowest BCUT2D eigenvalue weighted by atomic mass is 9.98. The van der Waals surface area contributed by atoms with Crippen molar-refractivity contribution in [3.05, 3.63) is 41.1 Å². The molecule has 8 nitrogen and oxygen atoms in total. The average Bonchev–Trinajstić information content (AvgIpc) is 3.65. The van der Waals surface area contributed by atoms with E-state index in [1.54, 1.807) is 12.1 Å². The van der Waals surface area contributed by atoms with E-state index in [-0.39, 0.29) is 43.7 Å². The zero-order chi connectivity index (χ0) is 22.8. The van der Waals surface area contributed by atoms with E-state index in [9.17, 15) is 22.4 Å². The first-order valence-electron chi connectivity index (χ1n) is 10.7. The number of rotatable bonds is 11. The van der Waals surface area contributed by atoms with Crippen LogP contribution in [0, 0.1) is 11.7 Å². The van der Waals surface area contributed by atoms with E-state index in [2.05, 4.69) is 5.32 Å². The van der Waals surface area contributed by atoms with Gasteiger partial charge in [0.15, 0.2) is 21.4 Å². The molecule has 3 aliphatic rings. The first kappa shape index (κ1) is 22.7. The van der Waals surface area contributed by atoms with Crippen LogP contribution in [0.2, 0.25) is 0 Å². The number of amides is 3. The van der Waals surface area contributed by atoms with Crippen molar-refractivity contribution in [1.29, 1.82) is 0 Å². The van der Waals surface area contributed by atoms with Crippen molar-refractivity contribution in [3.8, 4) is 5.75 Å². The van der Waals surface area contributed by atoms with Crippen LogP contribution in [0.3, 0.4) is 0 Å². The summed E-state index contributed by atoms with van der Waals surface area (Å²) in [6.45, 7) is 0.731. The Labute approximate surface area is 186 Å². The van der Waals surface area contributed by atoms with Crippen molar-refractivity contribution < 1.29 is 31.9 Å². The molecule has 3 fully saturated rings. The van der Waals surface area contributed by atoms with Crippen LogP contribution in [-0.4, -0.2) is 57.5 Å². The molecule has 0 bridgehead atoms. The normalized spacial score (nSPS) is 20.5. The molecule has 174 valence electrons. The third-order valence-corrected chi connectivity index (χ3v) is 7.52. The minimum atomic E-state index is -3.52. The maximum atomic E-state index is 14.1. The maximum Gasteiger partial charge on any atom is 0.325 e. The second-order valence-corrected chi connectivity index (χ2v) is 10.6. The molecule has 0 unspecified atom stereocenters. The van der Waals surface area contributed by atoms with Gasteiger partial charge in [0.05, 0.1) is 19.0 Å². The Morgan fingerprint density at radius 3 is 2.72 bits per heavy atom. The van der Waals surface area contributed by atoms with E-state index in [4.69, 9.17) is 9.47 Å². The summed E-state index contributed by atoms with van der Waals surface area (Å²) in [6, 6.07) is 4.11. The average molecular weight is 467 g/mol. The van der Waals surface area contributed by atoms with Gasteiger partial charge in [0.2, 0.25) is 5.91 Å². The molecule has 0 atom stereocenters. The van der Waals surface area contributed by atoms with E-state index in [1.165, 1.54) is 17.0 Å². The van der Waals surface area contributed by atoms with Crippen molar-refractivity contribution in [2.75, 3.05) is 32.2 Å². The predicted octanol–water partition coefficient (Wildman–Crippen LogP) is 2.49. The van der Waals surface area contributed by atoms with Crippen molar-refractivity contribution in [2.24, 2.45) is 5.92 Å². The highest BCUT2D eigenvalue weighted by molar-refractivity contribution is 7.94. The summed E-state index contributed by atoms with van der Waals surface area (Å²) in [5, 5.41) is 3.31. The molecule has 1 aliphatic heterocycles. The summed E-state index contributed by atoms with van der Waals surface area (Å²) < 4.78 is 50.3. The number of urea groups is 1. The number of benzene rings is 1. The Bertz CT molecular complexity index is 1020. The molecule has 1 N–H and O–H groups in total. The van der Waals surface area contributed by atoms with Crippen molar-refractivity contribution in [3.63, 3.8) is 0 Å². The molecule has 0 spiro atoms. The number of hydrogen-bond donors (Lipinski definition) is 1. The zero-order valence-corrected chi connectivity index (χ0v) is 18.5. The molecule has 1 saturated heterocycles. The molecule has 3 amide bonds. The first-order valence-corrected chi connectivity index (χ1v) is 12.5. The number of sulfone groups is 1. The van der Waals surface area contributed by atoms with Crippen LogP contribution in [0.1, 0.15) is 37.7 Å². The summed E-state index contributed by atoms with van der Waals surface area (Å²) in [5.74, 6) is -0.148. The van der Waals surface area contributed by atoms with Crippen molar-refractivity contribution in [1.82, 2.24) is 10.2 Å². The van der Waals surface area contributed by atoms with Gasteiger partial charge in [-0.1, -0.05) is 6.07 Å². The fourth-order valence-corrected chi connectivity index (χ4v) is 5.37. The van der Waals surface area contributed by atoms with Gasteiger partial charge < -0.3 is 14.4 Å². The molecule has 0 radical (unpaired) electrons. The highest BCUT2D eigenvalue weighted by Crippen LogP contribution is 2.50. The van der Waals surface area contributed by atoms with Gasteiger partial charge >= 0.3 is 6.03 Å². The topological polar surface area (TPSA) is 102 Å². The maximum absolute atomic E-state index is 14.1. The zero-order valence-electron chi connectivity index (χ0n) is 17.7. The number of hydrogen-bond acceptors (Lipinski definition) is 6. The first-order chi connectivity index (χ1) is 15.3. The summed E-state index contributed by atoms with van der Waals surface area (Å²) in [7, 11) is -3.52. The second kappa shape index (κ2) is 9.19. The highest BCUT2D eigenvalue weighted by atomic mass is 32.2. The van der Waals surface area contributed by atoms with Gasteiger partial charge in [0.1, 0.15) is 6.73 Å². The number of imide groups is 1. The van der Waals surface area contributed by atoms with Crippen molar-refractivity contribution >= 4 is 21.8 Å². The lowest BCUT2D eigenvalue weighted by Gasteiger charge is -2.25. The molecule has 10 heteroatoms. The summed E-state index contributed by atoms with van der Waals surface area (Å²) in [4.78, 5) is 24.1. The third-order valence-electron chi connectivity index (χ3n) is 5.95. The molecule has 1 heterocycles.